The molecule has 0 radical (unpaired) electrons. The van der Waals surface area contributed by atoms with Crippen LogP contribution in [0.2, 0.25) is 0 Å². The van der Waals surface area contributed by atoms with Crippen molar-refractivity contribution >= 4 is 33.6 Å². The van der Waals surface area contributed by atoms with Gasteiger partial charge >= 0.3 is 0 Å². The highest BCUT2D eigenvalue weighted by atomic mass is 35.9. The zero-order valence-corrected chi connectivity index (χ0v) is 11.8. The molecular formula is C13H11Cl2O2P. The topological polar surface area (TPSA) is 26.3 Å². The maximum absolute atomic E-state index is 11.4. The number of hydrogen-bond acceptors (Lipinski definition) is 2. The largest absolute Gasteiger partial charge is 0.489 e. The SMILES string of the molecule is O=P(Cl)(Cl)c1ccc(OCc2ccccc2)cc1. The van der Waals surface area contributed by atoms with Crippen molar-refractivity contribution < 1.29 is 9.30 Å². The van der Waals surface area contributed by atoms with Crippen molar-refractivity contribution in [1.29, 1.82) is 0 Å². The summed E-state index contributed by atoms with van der Waals surface area (Å²) in [6, 6.07) is 16.5. The van der Waals surface area contributed by atoms with Crippen LogP contribution in [0.25, 0.3) is 0 Å². The van der Waals surface area contributed by atoms with E-state index >= 15 is 0 Å². The zero-order valence-electron chi connectivity index (χ0n) is 9.42. The molecule has 0 aliphatic heterocycles. The highest BCUT2D eigenvalue weighted by Crippen LogP contribution is 2.55. The van der Waals surface area contributed by atoms with Crippen LogP contribution in [0.15, 0.2) is 54.6 Å². The highest BCUT2D eigenvalue weighted by molar-refractivity contribution is 8.13. The Hall–Kier alpha value is -0.950. The van der Waals surface area contributed by atoms with Gasteiger partial charge in [0.05, 0.1) is 0 Å². The standard InChI is InChI=1S/C13H11Cl2O2P/c14-18(15,16)13-8-6-12(7-9-13)17-10-11-4-2-1-3-5-11/h1-9H,10H2. The van der Waals surface area contributed by atoms with Gasteiger partial charge in [-0.1, -0.05) is 30.3 Å². The van der Waals surface area contributed by atoms with E-state index in [1.807, 2.05) is 30.3 Å². The van der Waals surface area contributed by atoms with E-state index < -0.39 is 5.85 Å². The first-order valence-corrected chi connectivity index (χ1v) is 8.84. The van der Waals surface area contributed by atoms with E-state index in [0.29, 0.717) is 17.7 Å². The molecule has 5 heteroatoms. The van der Waals surface area contributed by atoms with Crippen molar-refractivity contribution in [1.82, 2.24) is 0 Å². The molecule has 0 unspecified atom stereocenters. The van der Waals surface area contributed by atoms with Crippen molar-refractivity contribution in [2.24, 2.45) is 0 Å². The Kier molecular flexibility index (Phi) is 4.34. The van der Waals surface area contributed by atoms with Crippen LogP contribution in [0.4, 0.5) is 0 Å². The first-order valence-electron chi connectivity index (χ1n) is 5.32. The first kappa shape index (κ1) is 13.5. The molecule has 0 heterocycles. The first-order chi connectivity index (χ1) is 8.55. The Balaban J connectivity index is 2.01. The number of halogens is 2. The number of rotatable bonds is 4. The predicted octanol–water partition coefficient (Wildman–Crippen LogP) is 4.56. The lowest BCUT2D eigenvalue weighted by atomic mass is 10.2. The van der Waals surface area contributed by atoms with E-state index in [1.54, 1.807) is 24.3 Å². The number of hydrogen-bond donors (Lipinski definition) is 0. The monoisotopic (exact) mass is 300 g/mol. The third-order valence-electron chi connectivity index (χ3n) is 2.39. The lowest BCUT2D eigenvalue weighted by molar-refractivity contribution is 0.306. The van der Waals surface area contributed by atoms with Crippen LogP contribution in [-0.4, -0.2) is 0 Å². The summed E-state index contributed by atoms with van der Waals surface area (Å²) in [6.45, 7) is 0.486. The number of benzene rings is 2. The summed E-state index contributed by atoms with van der Waals surface area (Å²) < 4.78 is 17.0. The lowest BCUT2D eigenvalue weighted by Crippen LogP contribution is -1.99. The van der Waals surface area contributed by atoms with Crippen molar-refractivity contribution in [3.05, 3.63) is 60.2 Å². The minimum atomic E-state index is -3.23. The van der Waals surface area contributed by atoms with Gasteiger partial charge in [0, 0.05) is 5.30 Å². The van der Waals surface area contributed by atoms with E-state index in [1.165, 1.54) is 0 Å². The summed E-state index contributed by atoms with van der Waals surface area (Å²) in [5.74, 6) is -2.54. The van der Waals surface area contributed by atoms with Crippen molar-refractivity contribution in [2.75, 3.05) is 0 Å². The molecule has 0 atom stereocenters. The third-order valence-corrected chi connectivity index (χ3v) is 4.46. The molecule has 0 aliphatic carbocycles. The van der Waals surface area contributed by atoms with Crippen molar-refractivity contribution in [2.45, 2.75) is 6.61 Å². The molecule has 18 heavy (non-hydrogen) atoms. The molecule has 0 bridgehead atoms. The maximum Gasteiger partial charge on any atom is 0.281 e. The Morgan fingerprint density at radius 3 is 2.11 bits per heavy atom. The molecule has 0 saturated heterocycles. The average Bonchev–Trinajstić information content (AvgIpc) is 2.37. The zero-order chi connectivity index (χ0) is 13.0. The predicted molar refractivity (Wildman–Crippen MR) is 76.2 cm³/mol. The second kappa shape index (κ2) is 5.79. The van der Waals surface area contributed by atoms with Gasteiger partial charge in [0.1, 0.15) is 12.4 Å². The molecule has 0 amide bonds. The van der Waals surface area contributed by atoms with Gasteiger partial charge < -0.3 is 4.74 Å². The third kappa shape index (κ3) is 3.78. The average molecular weight is 301 g/mol. The summed E-state index contributed by atoms with van der Waals surface area (Å²) >= 11 is 11.1. The van der Waals surface area contributed by atoms with Gasteiger partial charge in [-0.05, 0) is 52.3 Å². The summed E-state index contributed by atoms with van der Waals surface area (Å²) in [4.78, 5) is 0. The summed E-state index contributed by atoms with van der Waals surface area (Å²) in [5, 5.41) is 0.415. The van der Waals surface area contributed by atoms with Crippen LogP contribution < -0.4 is 10.0 Å². The fourth-order valence-corrected chi connectivity index (χ4v) is 2.63. The van der Waals surface area contributed by atoms with Crippen LogP contribution in [0, 0.1) is 0 Å². The van der Waals surface area contributed by atoms with Gasteiger partial charge in [0.25, 0.3) is 5.85 Å². The van der Waals surface area contributed by atoms with Gasteiger partial charge in [-0.15, -0.1) is 0 Å². The minimum Gasteiger partial charge on any atom is -0.489 e. The smallest absolute Gasteiger partial charge is 0.281 e. The molecule has 0 spiro atoms. The molecular weight excluding hydrogens is 290 g/mol. The second-order valence-corrected chi connectivity index (χ2v) is 8.55. The van der Waals surface area contributed by atoms with Gasteiger partial charge in [-0.25, -0.2) is 0 Å². The Bertz CT molecular complexity index is 549. The van der Waals surface area contributed by atoms with Crippen LogP contribution in [0.1, 0.15) is 5.56 Å². The molecule has 0 aromatic heterocycles. The molecule has 94 valence electrons. The summed E-state index contributed by atoms with van der Waals surface area (Å²) in [7, 11) is 0. The van der Waals surface area contributed by atoms with E-state index in [2.05, 4.69) is 0 Å². The summed E-state index contributed by atoms with van der Waals surface area (Å²) in [5.41, 5.74) is 1.09. The molecule has 2 aromatic carbocycles. The van der Waals surface area contributed by atoms with Gasteiger partial charge in [0.2, 0.25) is 0 Å². The molecule has 0 fully saturated rings. The maximum atomic E-state index is 11.4. The van der Waals surface area contributed by atoms with E-state index in [4.69, 9.17) is 27.2 Å². The van der Waals surface area contributed by atoms with E-state index in [9.17, 15) is 4.57 Å². The van der Waals surface area contributed by atoms with Crippen LogP contribution >= 0.6 is 28.3 Å². The van der Waals surface area contributed by atoms with Crippen LogP contribution in [-0.2, 0) is 11.2 Å². The fourth-order valence-electron chi connectivity index (χ4n) is 1.46. The quantitative estimate of drug-likeness (QED) is 0.774. The Morgan fingerprint density at radius 1 is 0.944 bits per heavy atom. The Morgan fingerprint density at radius 2 is 1.56 bits per heavy atom. The van der Waals surface area contributed by atoms with Crippen molar-refractivity contribution in [3.8, 4) is 5.75 Å². The van der Waals surface area contributed by atoms with Gasteiger partial charge in [-0.2, -0.15) is 0 Å². The molecule has 2 nitrogen and oxygen atoms in total. The minimum absolute atomic E-state index is 0.415. The Labute approximate surface area is 115 Å². The molecule has 0 N–H and O–H groups in total. The van der Waals surface area contributed by atoms with E-state index in [-0.39, 0.29) is 0 Å². The fraction of sp³-hybridized carbons (Fsp3) is 0.0769. The lowest BCUT2D eigenvalue weighted by Gasteiger charge is -2.07. The van der Waals surface area contributed by atoms with Gasteiger partial charge in [0.15, 0.2) is 0 Å². The molecule has 0 aliphatic rings. The highest BCUT2D eigenvalue weighted by Gasteiger charge is 2.16. The van der Waals surface area contributed by atoms with Crippen LogP contribution in [0.5, 0.6) is 5.75 Å². The number of ether oxygens (including phenoxy) is 1. The molecule has 2 rings (SSSR count). The molecule has 0 saturated carbocycles. The van der Waals surface area contributed by atoms with E-state index in [0.717, 1.165) is 5.56 Å². The summed E-state index contributed by atoms with van der Waals surface area (Å²) in [6.07, 6.45) is 0. The van der Waals surface area contributed by atoms with Crippen molar-refractivity contribution in [3.63, 3.8) is 0 Å². The normalized spacial score (nSPS) is 11.2. The van der Waals surface area contributed by atoms with Crippen LogP contribution in [0.3, 0.4) is 0 Å². The second-order valence-electron chi connectivity index (χ2n) is 3.73. The molecule has 2 aromatic rings. The van der Waals surface area contributed by atoms with Gasteiger partial charge in [-0.3, -0.25) is 4.57 Å².